The third-order valence-electron chi connectivity index (χ3n) is 1.70. The van der Waals surface area contributed by atoms with Gasteiger partial charge >= 0.3 is 6.18 Å². The van der Waals surface area contributed by atoms with Crippen LogP contribution in [0.25, 0.3) is 0 Å². The molecule has 1 heterocycles. The minimum Gasteiger partial charge on any atom is -0.323 e. The predicted octanol–water partition coefficient (Wildman–Crippen LogP) is 3.74. The molecule has 1 aromatic heterocycles. The van der Waals surface area contributed by atoms with Gasteiger partial charge < -0.3 is 5.73 Å². The van der Waals surface area contributed by atoms with E-state index >= 15 is 0 Å². The Bertz CT molecular complexity index is 297. The Morgan fingerprint density at radius 3 is 2.50 bits per heavy atom. The van der Waals surface area contributed by atoms with Crippen LogP contribution < -0.4 is 5.73 Å². The van der Waals surface area contributed by atoms with E-state index in [4.69, 9.17) is 17.3 Å². The Kier molecular flexibility index (Phi) is 3.80. The second kappa shape index (κ2) is 4.51. The molecule has 6 heteroatoms. The second-order valence-electron chi connectivity index (χ2n) is 2.90. The fraction of sp³-hybridized carbons (Fsp3) is 0.500. The van der Waals surface area contributed by atoms with Gasteiger partial charge in [-0.2, -0.15) is 13.2 Å². The largest absolute Gasteiger partial charge is 0.389 e. The topological polar surface area (TPSA) is 26.0 Å². The molecule has 1 nitrogen and oxygen atoms in total. The van der Waals surface area contributed by atoms with Gasteiger partial charge in [0.05, 0.1) is 4.34 Å². The van der Waals surface area contributed by atoms with Crippen molar-refractivity contribution in [2.45, 2.75) is 25.1 Å². The van der Waals surface area contributed by atoms with E-state index in [1.54, 1.807) is 12.1 Å². The highest BCUT2D eigenvalue weighted by molar-refractivity contribution is 7.16. The van der Waals surface area contributed by atoms with Crippen LogP contribution in [0.2, 0.25) is 4.34 Å². The number of halogens is 4. The lowest BCUT2D eigenvalue weighted by Crippen LogP contribution is -2.14. The fourth-order valence-electron chi connectivity index (χ4n) is 0.989. The number of thiophene rings is 1. The molecule has 1 unspecified atom stereocenters. The maximum atomic E-state index is 11.9. The van der Waals surface area contributed by atoms with E-state index in [0.717, 1.165) is 0 Å². The molecule has 1 atom stereocenters. The SMILES string of the molecule is NC(CCC(F)(F)F)c1ccc(Cl)s1. The number of nitrogens with two attached hydrogens (primary N) is 1. The second-order valence-corrected chi connectivity index (χ2v) is 4.65. The number of hydrogen-bond acceptors (Lipinski definition) is 2. The van der Waals surface area contributed by atoms with Gasteiger partial charge in [-0.1, -0.05) is 11.6 Å². The molecule has 0 spiro atoms. The van der Waals surface area contributed by atoms with Gasteiger partial charge in [0.25, 0.3) is 0 Å². The number of rotatable bonds is 3. The average molecular weight is 244 g/mol. The Hall–Kier alpha value is -0.260. The molecular weight excluding hydrogens is 235 g/mol. The van der Waals surface area contributed by atoms with Crippen molar-refractivity contribution in [2.24, 2.45) is 5.73 Å². The summed E-state index contributed by atoms with van der Waals surface area (Å²) >= 11 is 6.85. The maximum Gasteiger partial charge on any atom is 0.389 e. The zero-order chi connectivity index (χ0) is 10.8. The van der Waals surface area contributed by atoms with Crippen LogP contribution in [0.15, 0.2) is 12.1 Å². The summed E-state index contributed by atoms with van der Waals surface area (Å²) < 4.78 is 36.1. The molecule has 0 saturated carbocycles. The fourth-order valence-corrected chi connectivity index (χ4v) is 2.09. The minimum absolute atomic E-state index is 0.0969. The Morgan fingerprint density at radius 2 is 2.07 bits per heavy atom. The van der Waals surface area contributed by atoms with Crippen LogP contribution in [0.4, 0.5) is 13.2 Å². The minimum atomic E-state index is -4.14. The third kappa shape index (κ3) is 3.86. The molecule has 0 aromatic carbocycles. The summed E-state index contributed by atoms with van der Waals surface area (Å²) in [7, 11) is 0. The predicted molar refractivity (Wildman–Crippen MR) is 51.5 cm³/mol. The normalized spacial score (nSPS) is 14.4. The van der Waals surface area contributed by atoms with E-state index in [-0.39, 0.29) is 6.42 Å². The van der Waals surface area contributed by atoms with Crippen LogP contribution in [0.1, 0.15) is 23.8 Å². The summed E-state index contributed by atoms with van der Waals surface area (Å²) in [4.78, 5) is 0.694. The van der Waals surface area contributed by atoms with Gasteiger partial charge in [-0.15, -0.1) is 11.3 Å². The lowest BCUT2D eigenvalue weighted by Gasteiger charge is -2.10. The summed E-state index contributed by atoms with van der Waals surface area (Å²) in [6.45, 7) is 0. The molecule has 0 aliphatic heterocycles. The van der Waals surface area contributed by atoms with Crippen molar-refractivity contribution in [1.82, 2.24) is 0 Å². The van der Waals surface area contributed by atoms with Crippen LogP contribution in [-0.2, 0) is 0 Å². The standard InChI is InChI=1S/C8H9ClF3NS/c9-7-2-1-6(14-7)5(13)3-4-8(10,11)12/h1-2,5H,3-4,13H2. The Morgan fingerprint density at radius 1 is 1.43 bits per heavy atom. The molecule has 0 saturated heterocycles. The van der Waals surface area contributed by atoms with Gasteiger partial charge in [0.2, 0.25) is 0 Å². The molecule has 80 valence electrons. The monoisotopic (exact) mass is 243 g/mol. The summed E-state index contributed by atoms with van der Waals surface area (Å²) in [5.41, 5.74) is 5.57. The van der Waals surface area contributed by atoms with Crippen molar-refractivity contribution in [2.75, 3.05) is 0 Å². The molecule has 0 fully saturated rings. The number of alkyl halides is 3. The highest BCUT2D eigenvalue weighted by atomic mass is 35.5. The van der Waals surface area contributed by atoms with Gasteiger partial charge in [-0.25, -0.2) is 0 Å². The summed E-state index contributed by atoms with van der Waals surface area (Å²) in [5, 5.41) is 0. The maximum absolute atomic E-state index is 11.9. The third-order valence-corrected chi connectivity index (χ3v) is 3.06. The first-order valence-electron chi connectivity index (χ1n) is 3.96. The van der Waals surface area contributed by atoms with Crippen LogP contribution >= 0.6 is 22.9 Å². The Labute approximate surface area is 88.7 Å². The van der Waals surface area contributed by atoms with E-state index in [1.165, 1.54) is 11.3 Å². The molecule has 0 aliphatic rings. The van der Waals surface area contributed by atoms with Crippen LogP contribution in [-0.4, -0.2) is 6.18 Å². The van der Waals surface area contributed by atoms with E-state index in [1.807, 2.05) is 0 Å². The van der Waals surface area contributed by atoms with Crippen molar-refractivity contribution < 1.29 is 13.2 Å². The van der Waals surface area contributed by atoms with Gasteiger partial charge in [-0.3, -0.25) is 0 Å². The molecule has 1 rings (SSSR count). The van der Waals surface area contributed by atoms with Gasteiger partial charge in [0.1, 0.15) is 0 Å². The van der Waals surface area contributed by atoms with Crippen LogP contribution in [0, 0.1) is 0 Å². The lowest BCUT2D eigenvalue weighted by atomic mass is 10.1. The molecule has 0 bridgehead atoms. The smallest absolute Gasteiger partial charge is 0.323 e. The molecule has 0 radical (unpaired) electrons. The average Bonchev–Trinajstić information content (AvgIpc) is 2.46. The van der Waals surface area contributed by atoms with Crippen LogP contribution in [0.3, 0.4) is 0 Å². The molecular formula is C8H9ClF3NS. The Balaban J connectivity index is 2.47. The van der Waals surface area contributed by atoms with E-state index in [2.05, 4.69) is 0 Å². The zero-order valence-electron chi connectivity index (χ0n) is 7.14. The van der Waals surface area contributed by atoms with E-state index in [0.29, 0.717) is 9.21 Å². The molecule has 0 amide bonds. The van der Waals surface area contributed by atoms with Gasteiger partial charge in [0, 0.05) is 17.3 Å². The van der Waals surface area contributed by atoms with Crippen molar-refractivity contribution >= 4 is 22.9 Å². The van der Waals surface area contributed by atoms with Crippen molar-refractivity contribution in [3.8, 4) is 0 Å². The van der Waals surface area contributed by atoms with Gasteiger partial charge in [-0.05, 0) is 18.6 Å². The lowest BCUT2D eigenvalue weighted by molar-refractivity contribution is -0.136. The highest BCUT2D eigenvalue weighted by Crippen LogP contribution is 2.31. The quantitative estimate of drug-likeness (QED) is 0.860. The van der Waals surface area contributed by atoms with Crippen molar-refractivity contribution in [1.29, 1.82) is 0 Å². The van der Waals surface area contributed by atoms with Crippen LogP contribution in [0.5, 0.6) is 0 Å². The first-order valence-corrected chi connectivity index (χ1v) is 5.15. The molecule has 14 heavy (non-hydrogen) atoms. The summed E-state index contributed by atoms with van der Waals surface area (Å²) in [6, 6.07) is 2.72. The summed E-state index contributed by atoms with van der Waals surface area (Å²) in [5.74, 6) is 0. The molecule has 2 N–H and O–H groups in total. The zero-order valence-corrected chi connectivity index (χ0v) is 8.72. The first kappa shape index (κ1) is 11.8. The number of hydrogen-bond donors (Lipinski definition) is 1. The first-order chi connectivity index (χ1) is 6.38. The van der Waals surface area contributed by atoms with E-state index in [9.17, 15) is 13.2 Å². The molecule has 1 aromatic rings. The summed E-state index contributed by atoms with van der Waals surface area (Å²) in [6.07, 6.45) is -5.09. The van der Waals surface area contributed by atoms with Crippen molar-refractivity contribution in [3.05, 3.63) is 21.3 Å². The molecule has 0 aliphatic carbocycles. The van der Waals surface area contributed by atoms with Crippen molar-refractivity contribution in [3.63, 3.8) is 0 Å². The van der Waals surface area contributed by atoms with Gasteiger partial charge in [0.15, 0.2) is 0 Å². The van der Waals surface area contributed by atoms with E-state index < -0.39 is 18.6 Å². The highest BCUT2D eigenvalue weighted by Gasteiger charge is 2.28.